The number of halogens is 1. The van der Waals surface area contributed by atoms with Crippen molar-refractivity contribution < 1.29 is 9.13 Å². The van der Waals surface area contributed by atoms with Crippen molar-refractivity contribution in [1.82, 2.24) is 5.43 Å². The Kier molecular flexibility index (Phi) is 5.40. The third-order valence-corrected chi connectivity index (χ3v) is 4.04. The van der Waals surface area contributed by atoms with Gasteiger partial charge in [0.2, 0.25) is 0 Å². The van der Waals surface area contributed by atoms with Crippen LogP contribution in [0.2, 0.25) is 0 Å². The molecule has 2 rings (SSSR count). The Morgan fingerprint density at radius 2 is 2.00 bits per heavy atom. The van der Waals surface area contributed by atoms with Crippen LogP contribution in [0.1, 0.15) is 11.6 Å². The summed E-state index contributed by atoms with van der Waals surface area (Å²) in [6, 6.07) is 14.8. The highest BCUT2D eigenvalue weighted by Gasteiger charge is 2.13. The van der Waals surface area contributed by atoms with E-state index in [-0.39, 0.29) is 17.6 Å². The van der Waals surface area contributed by atoms with E-state index in [1.165, 1.54) is 13.2 Å². The lowest BCUT2D eigenvalue weighted by atomic mass is 10.1. The molecule has 0 spiro atoms. The summed E-state index contributed by atoms with van der Waals surface area (Å²) in [5, 5.41) is 0. The molecule has 3 nitrogen and oxygen atoms in total. The summed E-state index contributed by atoms with van der Waals surface area (Å²) < 4.78 is 18.6. The Hall–Kier alpha value is -1.56. The number of nitrogens with one attached hydrogen (secondary N) is 1. The average Bonchev–Trinajstić information content (AvgIpc) is 2.49. The highest BCUT2D eigenvalue weighted by atomic mass is 32.2. The Morgan fingerprint density at radius 1 is 1.25 bits per heavy atom. The predicted octanol–water partition coefficient (Wildman–Crippen LogP) is 3.13. The molecule has 0 saturated heterocycles. The monoisotopic (exact) mass is 292 g/mol. The van der Waals surface area contributed by atoms with Gasteiger partial charge in [-0.05, 0) is 29.8 Å². The molecule has 106 valence electrons. The Bertz CT molecular complexity index is 551. The number of methoxy groups -OCH3 is 1. The van der Waals surface area contributed by atoms with Crippen LogP contribution >= 0.6 is 11.8 Å². The maximum absolute atomic E-state index is 13.7. The highest BCUT2D eigenvalue weighted by molar-refractivity contribution is 7.99. The van der Waals surface area contributed by atoms with Gasteiger partial charge in [-0.2, -0.15) is 0 Å². The molecule has 0 bridgehead atoms. The van der Waals surface area contributed by atoms with Crippen LogP contribution in [0.5, 0.6) is 5.75 Å². The number of thioether (sulfide) groups is 1. The van der Waals surface area contributed by atoms with E-state index in [2.05, 4.69) is 5.43 Å². The summed E-state index contributed by atoms with van der Waals surface area (Å²) in [7, 11) is 1.45. The first-order valence-corrected chi connectivity index (χ1v) is 7.20. The fraction of sp³-hybridized carbons (Fsp3) is 0.200. The second kappa shape index (κ2) is 7.28. The van der Waals surface area contributed by atoms with Gasteiger partial charge in [-0.15, -0.1) is 11.8 Å². The molecule has 0 aromatic heterocycles. The van der Waals surface area contributed by atoms with Crippen molar-refractivity contribution >= 4 is 11.8 Å². The largest absolute Gasteiger partial charge is 0.494 e. The van der Waals surface area contributed by atoms with Gasteiger partial charge < -0.3 is 4.74 Å². The van der Waals surface area contributed by atoms with Crippen LogP contribution in [0.3, 0.4) is 0 Å². The molecule has 0 saturated carbocycles. The molecule has 0 aliphatic carbocycles. The minimum absolute atomic E-state index is 0.124. The van der Waals surface area contributed by atoms with Gasteiger partial charge in [0.15, 0.2) is 11.6 Å². The minimum Gasteiger partial charge on any atom is -0.494 e. The molecular formula is C15H17FN2OS. The number of nitrogens with two attached hydrogens (primary N) is 1. The maximum atomic E-state index is 13.7. The Labute approximate surface area is 122 Å². The zero-order chi connectivity index (χ0) is 14.4. The number of hydrogen-bond acceptors (Lipinski definition) is 4. The van der Waals surface area contributed by atoms with Gasteiger partial charge in [-0.3, -0.25) is 11.3 Å². The SMILES string of the molecule is COc1ccc(C(CSc2ccccc2)NN)cc1F. The first-order chi connectivity index (χ1) is 9.74. The highest BCUT2D eigenvalue weighted by Crippen LogP contribution is 2.26. The summed E-state index contributed by atoms with van der Waals surface area (Å²) >= 11 is 1.67. The number of rotatable bonds is 6. The molecule has 2 aromatic carbocycles. The summed E-state index contributed by atoms with van der Waals surface area (Å²) in [5.74, 6) is 6.14. The van der Waals surface area contributed by atoms with Gasteiger partial charge in [-0.25, -0.2) is 4.39 Å². The normalized spacial score (nSPS) is 12.2. The van der Waals surface area contributed by atoms with Crippen molar-refractivity contribution in [2.24, 2.45) is 5.84 Å². The molecule has 20 heavy (non-hydrogen) atoms. The van der Waals surface area contributed by atoms with Gasteiger partial charge in [0, 0.05) is 10.6 Å². The molecule has 0 radical (unpaired) electrons. The molecule has 0 amide bonds. The number of ether oxygens (including phenoxy) is 1. The van der Waals surface area contributed by atoms with E-state index in [1.807, 2.05) is 36.4 Å². The lowest BCUT2D eigenvalue weighted by Gasteiger charge is -2.16. The lowest BCUT2D eigenvalue weighted by molar-refractivity contribution is 0.385. The predicted molar refractivity (Wildman–Crippen MR) is 80.2 cm³/mol. The number of hydrogen-bond donors (Lipinski definition) is 2. The first kappa shape index (κ1) is 14.8. The summed E-state index contributed by atoms with van der Waals surface area (Å²) in [5.41, 5.74) is 3.53. The van der Waals surface area contributed by atoms with E-state index in [4.69, 9.17) is 10.6 Å². The second-order valence-electron chi connectivity index (χ2n) is 4.24. The van der Waals surface area contributed by atoms with Crippen LogP contribution in [0.4, 0.5) is 4.39 Å². The standard InChI is InChI=1S/C15H17FN2OS/c1-19-15-8-7-11(9-13(15)16)14(18-17)10-20-12-5-3-2-4-6-12/h2-9,14,18H,10,17H2,1H3. The molecule has 3 N–H and O–H groups in total. The Morgan fingerprint density at radius 3 is 2.60 bits per heavy atom. The van der Waals surface area contributed by atoms with Crippen molar-refractivity contribution in [3.63, 3.8) is 0 Å². The third-order valence-electron chi connectivity index (χ3n) is 2.94. The van der Waals surface area contributed by atoms with Crippen molar-refractivity contribution in [3.8, 4) is 5.75 Å². The van der Waals surface area contributed by atoms with E-state index in [0.717, 1.165) is 10.5 Å². The molecule has 1 unspecified atom stereocenters. The maximum Gasteiger partial charge on any atom is 0.165 e. The molecular weight excluding hydrogens is 275 g/mol. The van der Waals surface area contributed by atoms with Gasteiger partial charge in [0.05, 0.1) is 13.2 Å². The van der Waals surface area contributed by atoms with Crippen LogP contribution in [-0.2, 0) is 0 Å². The van der Waals surface area contributed by atoms with E-state index in [0.29, 0.717) is 5.75 Å². The Balaban J connectivity index is 2.06. The first-order valence-electron chi connectivity index (χ1n) is 6.22. The lowest BCUT2D eigenvalue weighted by Crippen LogP contribution is -2.29. The molecule has 0 aliphatic heterocycles. The van der Waals surface area contributed by atoms with Crippen molar-refractivity contribution in [2.45, 2.75) is 10.9 Å². The van der Waals surface area contributed by atoms with Gasteiger partial charge in [-0.1, -0.05) is 24.3 Å². The topological polar surface area (TPSA) is 47.3 Å². The summed E-state index contributed by atoms with van der Waals surface area (Å²) in [6.07, 6.45) is 0. The van der Waals surface area contributed by atoms with Crippen LogP contribution in [0, 0.1) is 5.82 Å². The van der Waals surface area contributed by atoms with Crippen LogP contribution in [0.15, 0.2) is 53.4 Å². The van der Waals surface area contributed by atoms with E-state index >= 15 is 0 Å². The summed E-state index contributed by atoms with van der Waals surface area (Å²) in [4.78, 5) is 1.15. The van der Waals surface area contributed by atoms with Gasteiger partial charge >= 0.3 is 0 Å². The summed E-state index contributed by atoms with van der Waals surface area (Å²) in [6.45, 7) is 0. The van der Waals surface area contributed by atoms with E-state index < -0.39 is 0 Å². The number of benzene rings is 2. The molecule has 0 heterocycles. The molecule has 2 aromatic rings. The zero-order valence-corrected chi connectivity index (χ0v) is 12.0. The van der Waals surface area contributed by atoms with E-state index in [9.17, 15) is 4.39 Å². The van der Waals surface area contributed by atoms with Gasteiger partial charge in [0.1, 0.15) is 0 Å². The van der Waals surface area contributed by atoms with E-state index in [1.54, 1.807) is 17.8 Å². The molecule has 1 atom stereocenters. The van der Waals surface area contributed by atoms with Crippen molar-refractivity contribution in [2.75, 3.05) is 12.9 Å². The quantitative estimate of drug-likeness (QED) is 0.488. The fourth-order valence-corrected chi connectivity index (χ4v) is 2.83. The minimum atomic E-state index is -0.380. The van der Waals surface area contributed by atoms with Crippen LogP contribution < -0.4 is 16.0 Å². The fourth-order valence-electron chi connectivity index (χ4n) is 1.84. The van der Waals surface area contributed by atoms with Crippen LogP contribution in [-0.4, -0.2) is 12.9 Å². The van der Waals surface area contributed by atoms with Crippen LogP contribution in [0.25, 0.3) is 0 Å². The second-order valence-corrected chi connectivity index (χ2v) is 5.33. The van der Waals surface area contributed by atoms with Crippen molar-refractivity contribution in [1.29, 1.82) is 0 Å². The zero-order valence-electron chi connectivity index (χ0n) is 11.2. The molecule has 0 aliphatic rings. The third kappa shape index (κ3) is 3.72. The molecule has 0 fully saturated rings. The number of hydrazine groups is 1. The smallest absolute Gasteiger partial charge is 0.165 e. The van der Waals surface area contributed by atoms with Gasteiger partial charge in [0.25, 0.3) is 0 Å². The average molecular weight is 292 g/mol. The van der Waals surface area contributed by atoms with Crippen molar-refractivity contribution in [3.05, 3.63) is 59.9 Å². The molecule has 5 heteroatoms.